The molecule has 0 spiro atoms. The third-order valence-electron chi connectivity index (χ3n) is 3.76. The molecule has 5 heteroatoms. The minimum atomic E-state index is -0.135. The SMILES string of the molecule is Cc1ccc(N(CC(C)C)C(=O)c2ccc3c(n2)OCCO3)cc1. The largest absolute Gasteiger partial charge is 0.484 e. The number of pyridine rings is 1. The van der Waals surface area contributed by atoms with E-state index in [9.17, 15) is 4.79 Å². The van der Waals surface area contributed by atoms with Crippen molar-refractivity contribution in [1.82, 2.24) is 4.98 Å². The fourth-order valence-corrected chi connectivity index (χ4v) is 2.58. The minimum Gasteiger partial charge on any atom is -0.484 e. The van der Waals surface area contributed by atoms with Gasteiger partial charge in [-0.05, 0) is 37.1 Å². The van der Waals surface area contributed by atoms with Crippen molar-refractivity contribution in [3.05, 3.63) is 47.7 Å². The molecular weight excluding hydrogens is 304 g/mol. The smallest absolute Gasteiger partial charge is 0.277 e. The number of anilines is 1. The topological polar surface area (TPSA) is 51.7 Å². The molecule has 5 nitrogen and oxygen atoms in total. The van der Waals surface area contributed by atoms with Crippen LogP contribution in [0.25, 0.3) is 0 Å². The van der Waals surface area contributed by atoms with Crippen LogP contribution in [0.1, 0.15) is 29.9 Å². The maximum atomic E-state index is 13.0. The van der Waals surface area contributed by atoms with Gasteiger partial charge in [-0.1, -0.05) is 31.5 Å². The minimum absolute atomic E-state index is 0.135. The predicted molar refractivity (Wildman–Crippen MR) is 92.9 cm³/mol. The molecule has 0 aliphatic carbocycles. The van der Waals surface area contributed by atoms with E-state index in [0.29, 0.717) is 43.0 Å². The average Bonchev–Trinajstić information content (AvgIpc) is 2.59. The fraction of sp³-hybridized carbons (Fsp3) is 0.368. The number of benzene rings is 1. The maximum absolute atomic E-state index is 13.0. The zero-order chi connectivity index (χ0) is 17.1. The van der Waals surface area contributed by atoms with Crippen LogP contribution in [0.4, 0.5) is 5.69 Å². The number of rotatable bonds is 4. The number of aromatic nitrogens is 1. The summed E-state index contributed by atoms with van der Waals surface area (Å²) in [5, 5.41) is 0. The average molecular weight is 326 g/mol. The summed E-state index contributed by atoms with van der Waals surface area (Å²) in [7, 11) is 0. The molecule has 0 radical (unpaired) electrons. The summed E-state index contributed by atoms with van der Waals surface area (Å²) < 4.78 is 11.0. The molecule has 1 aliphatic heterocycles. The zero-order valence-corrected chi connectivity index (χ0v) is 14.3. The molecule has 0 atom stereocenters. The van der Waals surface area contributed by atoms with Crippen LogP contribution in [-0.4, -0.2) is 30.6 Å². The Morgan fingerprint density at radius 1 is 1.12 bits per heavy atom. The molecule has 0 saturated heterocycles. The Bertz CT molecular complexity index is 726. The van der Waals surface area contributed by atoms with E-state index in [1.54, 1.807) is 17.0 Å². The van der Waals surface area contributed by atoms with Crippen molar-refractivity contribution in [2.24, 2.45) is 5.92 Å². The summed E-state index contributed by atoms with van der Waals surface area (Å²) in [5.74, 6) is 1.18. The van der Waals surface area contributed by atoms with E-state index in [-0.39, 0.29) is 5.91 Å². The monoisotopic (exact) mass is 326 g/mol. The van der Waals surface area contributed by atoms with Crippen LogP contribution in [0.2, 0.25) is 0 Å². The van der Waals surface area contributed by atoms with Crippen molar-refractivity contribution >= 4 is 11.6 Å². The molecule has 1 amide bonds. The van der Waals surface area contributed by atoms with Gasteiger partial charge in [0.25, 0.3) is 11.8 Å². The fourth-order valence-electron chi connectivity index (χ4n) is 2.58. The van der Waals surface area contributed by atoms with Gasteiger partial charge in [0.15, 0.2) is 5.75 Å². The Balaban J connectivity index is 1.92. The van der Waals surface area contributed by atoms with Gasteiger partial charge in [-0.2, -0.15) is 0 Å². The standard InChI is InChI=1S/C19H22N2O3/c1-13(2)12-21(15-6-4-14(3)5-7-15)19(22)16-8-9-17-18(20-16)24-11-10-23-17/h4-9,13H,10-12H2,1-3H3. The first-order chi connectivity index (χ1) is 11.5. The van der Waals surface area contributed by atoms with Gasteiger partial charge in [-0.15, -0.1) is 0 Å². The first kappa shape index (κ1) is 16.3. The van der Waals surface area contributed by atoms with Gasteiger partial charge in [-0.25, -0.2) is 4.98 Å². The second-order valence-electron chi connectivity index (χ2n) is 6.34. The van der Waals surface area contributed by atoms with Crippen LogP contribution in [0.15, 0.2) is 36.4 Å². The van der Waals surface area contributed by atoms with Gasteiger partial charge in [0.05, 0.1) is 0 Å². The van der Waals surface area contributed by atoms with Crippen molar-refractivity contribution < 1.29 is 14.3 Å². The van der Waals surface area contributed by atoms with Crippen molar-refractivity contribution in [2.75, 3.05) is 24.7 Å². The highest BCUT2D eigenvalue weighted by molar-refractivity contribution is 6.05. The molecule has 24 heavy (non-hydrogen) atoms. The number of fused-ring (bicyclic) bond motifs is 1. The molecule has 1 aromatic heterocycles. The molecule has 126 valence electrons. The molecule has 0 unspecified atom stereocenters. The van der Waals surface area contributed by atoms with Gasteiger partial charge in [-0.3, -0.25) is 4.79 Å². The Labute approximate surface area is 142 Å². The van der Waals surface area contributed by atoms with Gasteiger partial charge in [0.1, 0.15) is 18.9 Å². The summed E-state index contributed by atoms with van der Waals surface area (Å²) in [6, 6.07) is 11.4. The number of amides is 1. The number of aryl methyl sites for hydroxylation is 1. The van der Waals surface area contributed by atoms with E-state index in [0.717, 1.165) is 11.3 Å². The molecule has 1 aromatic carbocycles. The molecule has 2 aromatic rings. The molecule has 1 aliphatic rings. The van der Waals surface area contributed by atoms with E-state index in [1.165, 1.54) is 0 Å². The zero-order valence-electron chi connectivity index (χ0n) is 14.3. The number of carbonyl (C=O) groups excluding carboxylic acids is 1. The number of carbonyl (C=O) groups is 1. The van der Waals surface area contributed by atoms with Crippen molar-refractivity contribution in [2.45, 2.75) is 20.8 Å². The van der Waals surface area contributed by atoms with E-state index in [2.05, 4.69) is 18.8 Å². The van der Waals surface area contributed by atoms with Gasteiger partial charge in [0.2, 0.25) is 0 Å². The molecule has 2 heterocycles. The van der Waals surface area contributed by atoms with Crippen LogP contribution in [-0.2, 0) is 0 Å². The molecule has 0 bridgehead atoms. The quantitative estimate of drug-likeness (QED) is 0.863. The van der Waals surface area contributed by atoms with Crippen molar-refractivity contribution in [3.8, 4) is 11.6 Å². The Hall–Kier alpha value is -2.56. The molecular formula is C19H22N2O3. The van der Waals surface area contributed by atoms with Gasteiger partial charge < -0.3 is 14.4 Å². The van der Waals surface area contributed by atoms with Gasteiger partial charge in [0, 0.05) is 12.2 Å². The Morgan fingerprint density at radius 2 is 1.83 bits per heavy atom. The Kier molecular flexibility index (Phi) is 4.69. The lowest BCUT2D eigenvalue weighted by atomic mass is 10.1. The lowest BCUT2D eigenvalue weighted by Gasteiger charge is -2.25. The lowest BCUT2D eigenvalue weighted by molar-refractivity contribution is 0.0975. The first-order valence-electron chi connectivity index (χ1n) is 8.20. The van der Waals surface area contributed by atoms with Crippen LogP contribution in [0.5, 0.6) is 11.6 Å². The van der Waals surface area contributed by atoms with E-state index < -0.39 is 0 Å². The molecule has 0 N–H and O–H groups in total. The molecule has 0 saturated carbocycles. The number of hydrogen-bond acceptors (Lipinski definition) is 4. The van der Waals surface area contributed by atoms with E-state index in [4.69, 9.17) is 9.47 Å². The van der Waals surface area contributed by atoms with Crippen molar-refractivity contribution in [3.63, 3.8) is 0 Å². The number of hydrogen-bond donors (Lipinski definition) is 0. The van der Waals surface area contributed by atoms with Crippen LogP contribution in [0, 0.1) is 12.8 Å². The summed E-state index contributed by atoms with van der Waals surface area (Å²) >= 11 is 0. The second-order valence-corrected chi connectivity index (χ2v) is 6.34. The van der Waals surface area contributed by atoms with E-state index >= 15 is 0 Å². The third kappa shape index (κ3) is 3.50. The number of ether oxygens (including phenoxy) is 2. The second kappa shape index (κ2) is 6.91. The highest BCUT2D eigenvalue weighted by Gasteiger charge is 2.23. The summed E-state index contributed by atoms with van der Waals surface area (Å²) in [6.45, 7) is 7.78. The van der Waals surface area contributed by atoms with Crippen LogP contribution in [0.3, 0.4) is 0 Å². The van der Waals surface area contributed by atoms with Crippen LogP contribution < -0.4 is 14.4 Å². The highest BCUT2D eigenvalue weighted by Crippen LogP contribution is 2.28. The van der Waals surface area contributed by atoms with Crippen molar-refractivity contribution in [1.29, 1.82) is 0 Å². The summed E-state index contributed by atoms with van der Waals surface area (Å²) in [5.41, 5.74) is 2.39. The Morgan fingerprint density at radius 3 is 2.54 bits per heavy atom. The maximum Gasteiger partial charge on any atom is 0.277 e. The van der Waals surface area contributed by atoms with E-state index in [1.807, 2.05) is 31.2 Å². The predicted octanol–water partition coefficient (Wildman–Crippen LogP) is 3.46. The molecule has 0 fully saturated rings. The van der Waals surface area contributed by atoms with Gasteiger partial charge >= 0.3 is 0 Å². The normalized spacial score (nSPS) is 13.0. The first-order valence-corrected chi connectivity index (χ1v) is 8.20. The summed E-state index contributed by atoms with van der Waals surface area (Å²) in [6.07, 6.45) is 0. The highest BCUT2D eigenvalue weighted by atomic mass is 16.6. The number of nitrogens with zero attached hydrogens (tertiary/aromatic N) is 2. The lowest BCUT2D eigenvalue weighted by Crippen LogP contribution is -2.35. The summed E-state index contributed by atoms with van der Waals surface area (Å²) in [4.78, 5) is 19.1. The van der Waals surface area contributed by atoms with Crippen LogP contribution >= 0.6 is 0 Å². The molecule has 3 rings (SSSR count). The third-order valence-corrected chi connectivity index (χ3v) is 3.76.